The van der Waals surface area contributed by atoms with Crippen LogP contribution in [0, 0.1) is 6.92 Å². The molecule has 1 saturated carbocycles. The van der Waals surface area contributed by atoms with Crippen molar-refractivity contribution in [2.45, 2.75) is 51.8 Å². The number of ether oxygens (including phenoxy) is 1. The largest absolute Gasteiger partial charge is 0.376 e. The summed E-state index contributed by atoms with van der Waals surface area (Å²) in [5.41, 5.74) is 7.96. The molecule has 110 valence electrons. The number of nitrogens with zero attached hydrogens (tertiary/aromatic N) is 2. The average Bonchev–Trinajstić information content (AvgIpc) is 2.44. The number of carbonyl (C=O) groups excluding carboxylic acids is 1. The van der Waals surface area contributed by atoms with Crippen molar-refractivity contribution in [2.75, 3.05) is 6.61 Å². The molecule has 3 N–H and O–H groups in total. The van der Waals surface area contributed by atoms with Gasteiger partial charge in [-0.3, -0.25) is 4.79 Å². The summed E-state index contributed by atoms with van der Waals surface area (Å²) in [4.78, 5) is 12.4. The lowest BCUT2D eigenvalue weighted by Crippen LogP contribution is -2.64. The smallest absolute Gasteiger partial charge is 0.253 e. The molecule has 0 radical (unpaired) electrons. The molecule has 0 aromatic carbocycles. The van der Waals surface area contributed by atoms with Crippen molar-refractivity contribution in [3.8, 4) is 0 Å². The molecule has 1 fully saturated rings. The van der Waals surface area contributed by atoms with E-state index in [-0.39, 0.29) is 24.1 Å². The fraction of sp³-hybridized carbons (Fsp3) is 0.643. The summed E-state index contributed by atoms with van der Waals surface area (Å²) in [5.74, 6) is -0.148. The lowest BCUT2D eigenvalue weighted by Gasteiger charge is -2.42. The zero-order valence-electron chi connectivity index (χ0n) is 12.2. The van der Waals surface area contributed by atoms with Crippen molar-refractivity contribution < 1.29 is 9.53 Å². The quantitative estimate of drug-likeness (QED) is 0.822. The van der Waals surface area contributed by atoms with E-state index in [2.05, 4.69) is 15.5 Å². The number of aryl methyl sites for hydroxylation is 2. The minimum absolute atomic E-state index is 0.0138. The van der Waals surface area contributed by atoms with Crippen LogP contribution in [0.25, 0.3) is 0 Å². The van der Waals surface area contributed by atoms with E-state index in [1.165, 1.54) is 0 Å². The maximum Gasteiger partial charge on any atom is 0.253 e. The Morgan fingerprint density at radius 1 is 1.50 bits per heavy atom. The molecule has 1 heterocycles. The summed E-state index contributed by atoms with van der Waals surface area (Å²) in [6, 6.07) is 1.60. The number of hydrogen-bond acceptors (Lipinski definition) is 5. The molecule has 1 aliphatic rings. The first-order chi connectivity index (χ1) is 9.56. The summed E-state index contributed by atoms with van der Waals surface area (Å²) >= 11 is 0. The minimum atomic E-state index is -0.148. The summed E-state index contributed by atoms with van der Waals surface area (Å²) in [7, 11) is 0. The van der Waals surface area contributed by atoms with Gasteiger partial charge < -0.3 is 15.8 Å². The summed E-state index contributed by atoms with van der Waals surface area (Å²) in [6.45, 7) is 6.34. The Balaban J connectivity index is 2.10. The summed E-state index contributed by atoms with van der Waals surface area (Å²) in [5, 5.41) is 11.0. The predicted molar refractivity (Wildman–Crippen MR) is 75.4 cm³/mol. The van der Waals surface area contributed by atoms with Gasteiger partial charge in [-0.1, -0.05) is 6.92 Å². The molecule has 1 amide bonds. The molecule has 0 bridgehead atoms. The first kappa shape index (κ1) is 14.9. The molecular formula is C14H22N4O2. The molecular weight excluding hydrogens is 256 g/mol. The minimum Gasteiger partial charge on any atom is -0.376 e. The Morgan fingerprint density at radius 2 is 2.25 bits per heavy atom. The van der Waals surface area contributed by atoms with Crippen LogP contribution in [0.5, 0.6) is 0 Å². The summed E-state index contributed by atoms with van der Waals surface area (Å²) in [6.07, 6.45) is 1.47. The van der Waals surface area contributed by atoms with Gasteiger partial charge in [0.1, 0.15) is 0 Å². The Morgan fingerprint density at radius 3 is 2.85 bits per heavy atom. The van der Waals surface area contributed by atoms with Gasteiger partial charge in [0.05, 0.1) is 29.1 Å². The Labute approximate surface area is 119 Å². The molecule has 0 saturated heterocycles. The number of amides is 1. The molecule has 1 aromatic heterocycles. The SMILES string of the molecule is CCOC1CC(N)C1NC(=O)c1cc(C)nnc1CC. The average molecular weight is 278 g/mol. The fourth-order valence-electron chi connectivity index (χ4n) is 2.43. The van der Waals surface area contributed by atoms with Crippen LogP contribution in [0.3, 0.4) is 0 Å². The molecule has 6 heteroatoms. The van der Waals surface area contributed by atoms with Crippen LogP contribution in [-0.2, 0) is 11.2 Å². The van der Waals surface area contributed by atoms with Crippen LogP contribution in [-0.4, -0.2) is 40.9 Å². The van der Waals surface area contributed by atoms with E-state index in [1.807, 2.05) is 20.8 Å². The highest BCUT2D eigenvalue weighted by Crippen LogP contribution is 2.23. The highest BCUT2D eigenvalue weighted by atomic mass is 16.5. The van der Waals surface area contributed by atoms with Crippen molar-refractivity contribution in [1.29, 1.82) is 0 Å². The maximum absolute atomic E-state index is 12.4. The van der Waals surface area contributed by atoms with Gasteiger partial charge in [0.15, 0.2) is 0 Å². The van der Waals surface area contributed by atoms with Crippen LogP contribution >= 0.6 is 0 Å². The Hall–Kier alpha value is -1.53. The van der Waals surface area contributed by atoms with E-state index in [0.29, 0.717) is 24.3 Å². The molecule has 1 aromatic rings. The summed E-state index contributed by atoms with van der Waals surface area (Å²) < 4.78 is 5.56. The topological polar surface area (TPSA) is 90.1 Å². The van der Waals surface area contributed by atoms with Crippen molar-refractivity contribution in [2.24, 2.45) is 5.73 Å². The number of aromatic nitrogens is 2. The predicted octanol–water partition coefficient (Wildman–Crippen LogP) is 0.582. The van der Waals surface area contributed by atoms with Gasteiger partial charge >= 0.3 is 0 Å². The van der Waals surface area contributed by atoms with E-state index in [0.717, 1.165) is 12.1 Å². The lowest BCUT2D eigenvalue weighted by molar-refractivity contribution is -0.0300. The van der Waals surface area contributed by atoms with E-state index in [1.54, 1.807) is 6.07 Å². The second-order valence-corrected chi connectivity index (χ2v) is 5.09. The van der Waals surface area contributed by atoms with Crippen molar-refractivity contribution in [1.82, 2.24) is 15.5 Å². The zero-order chi connectivity index (χ0) is 14.7. The standard InChI is InChI=1S/C14H22N4O2/c1-4-11-9(6-8(3)17-18-11)14(19)16-13-10(15)7-12(13)20-5-2/h6,10,12-13H,4-5,7,15H2,1-3H3,(H,16,19). The van der Waals surface area contributed by atoms with Gasteiger partial charge in [-0.15, -0.1) is 0 Å². The molecule has 0 aliphatic heterocycles. The number of hydrogen-bond donors (Lipinski definition) is 2. The van der Waals surface area contributed by atoms with Crippen LogP contribution in [0.15, 0.2) is 6.07 Å². The third kappa shape index (κ3) is 2.96. The number of rotatable bonds is 5. The van der Waals surface area contributed by atoms with Gasteiger partial charge in [-0.2, -0.15) is 10.2 Å². The highest BCUT2D eigenvalue weighted by Gasteiger charge is 2.40. The molecule has 1 aliphatic carbocycles. The van der Waals surface area contributed by atoms with E-state index in [4.69, 9.17) is 10.5 Å². The molecule has 3 unspecified atom stereocenters. The number of carbonyl (C=O) groups is 1. The van der Waals surface area contributed by atoms with Crippen LogP contribution < -0.4 is 11.1 Å². The first-order valence-corrected chi connectivity index (χ1v) is 7.08. The second-order valence-electron chi connectivity index (χ2n) is 5.09. The van der Waals surface area contributed by atoms with E-state index < -0.39 is 0 Å². The monoisotopic (exact) mass is 278 g/mol. The Bertz CT molecular complexity index is 490. The van der Waals surface area contributed by atoms with E-state index >= 15 is 0 Å². The van der Waals surface area contributed by atoms with Gasteiger partial charge in [0.2, 0.25) is 0 Å². The van der Waals surface area contributed by atoms with Gasteiger partial charge in [0, 0.05) is 12.6 Å². The molecule has 20 heavy (non-hydrogen) atoms. The third-order valence-corrected chi connectivity index (χ3v) is 3.62. The van der Waals surface area contributed by atoms with Crippen molar-refractivity contribution in [3.63, 3.8) is 0 Å². The molecule has 6 nitrogen and oxygen atoms in total. The van der Waals surface area contributed by atoms with Crippen LogP contribution in [0.1, 0.15) is 42.0 Å². The van der Waals surface area contributed by atoms with Crippen LogP contribution in [0.4, 0.5) is 0 Å². The molecule has 3 atom stereocenters. The normalized spacial score (nSPS) is 25.1. The van der Waals surface area contributed by atoms with Gasteiger partial charge in [0.25, 0.3) is 5.91 Å². The van der Waals surface area contributed by atoms with Crippen molar-refractivity contribution >= 4 is 5.91 Å². The first-order valence-electron chi connectivity index (χ1n) is 7.08. The maximum atomic E-state index is 12.4. The fourth-order valence-corrected chi connectivity index (χ4v) is 2.43. The van der Waals surface area contributed by atoms with Crippen molar-refractivity contribution in [3.05, 3.63) is 23.0 Å². The number of nitrogens with one attached hydrogen (secondary N) is 1. The second kappa shape index (κ2) is 6.28. The third-order valence-electron chi connectivity index (χ3n) is 3.62. The molecule has 0 spiro atoms. The highest BCUT2D eigenvalue weighted by molar-refractivity contribution is 5.95. The Kier molecular flexibility index (Phi) is 4.67. The number of nitrogens with two attached hydrogens (primary N) is 1. The van der Waals surface area contributed by atoms with Crippen LogP contribution in [0.2, 0.25) is 0 Å². The van der Waals surface area contributed by atoms with E-state index in [9.17, 15) is 4.79 Å². The van der Waals surface area contributed by atoms with Gasteiger partial charge in [-0.05, 0) is 32.8 Å². The van der Waals surface area contributed by atoms with Gasteiger partial charge in [-0.25, -0.2) is 0 Å². The zero-order valence-corrected chi connectivity index (χ0v) is 12.2. The molecule has 2 rings (SSSR count). The lowest BCUT2D eigenvalue weighted by atomic mass is 9.83.